The lowest BCUT2D eigenvalue weighted by atomic mass is 9.89. The minimum Gasteiger partial charge on any atom is -0.480 e. The molecule has 164 valence electrons. The molecule has 28 heavy (non-hydrogen) atoms. The van der Waals surface area contributed by atoms with Crippen molar-refractivity contribution in [3.63, 3.8) is 0 Å². The quantitative estimate of drug-likeness (QED) is 0.161. The Labute approximate surface area is 168 Å². The van der Waals surface area contributed by atoms with E-state index in [0.29, 0.717) is 0 Å². The number of rotatable bonds is 17. The fourth-order valence-electron chi connectivity index (χ4n) is 2.77. The van der Waals surface area contributed by atoms with E-state index in [2.05, 4.69) is 6.92 Å². The average Bonchev–Trinajstić information content (AvgIpc) is 2.68. The predicted molar refractivity (Wildman–Crippen MR) is 110 cm³/mol. The van der Waals surface area contributed by atoms with Gasteiger partial charge in [0.1, 0.15) is 6.10 Å². The maximum atomic E-state index is 11.0. The molecule has 0 aliphatic rings. The first-order valence-corrected chi connectivity index (χ1v) is 10.3. The fraction of sp³-hybridized carbons (Fsp3) is 0.762. The van der Waals surface area contributed by atoms with Crippen LogP contribution in [0, 0.1) is 0 Å². The van der Waals surface area contributed by atoms with Gasteiger partial charge in [-0.2, -0.15) is 0 Å². The molecule has 4 atom stereocenters. The number of aliphatic hydroxyl groups excluding tert-OH is 4. The van der Waals surface area contributed by atoms with Gasteiger partial charge in [-0.25, -0.2) is 0 Å². The molecule has 7 heteroatoms. The van der Waals surface area contributed by atoms with Crippen molar-refractivity contribution in [2.75, 3.05) is 6.61 Å². The van der Waals surface area contributed by atoms with Crippen LogP contribution in [0.2, 0.25) is 0 Å². The molecule has 0 aromatic carbocycles. The Kier molecular flexibility index (Phi) is 14.9. The van der Waals surface area contributed by atoms with Gasteiger partial charge in [0, 0.05) is 0 Å². The van der Waals surface area contributed by atoms with Crippen LogP contribution in [-0.2, 0) is 4.79 Å². The average molecular weight is 402 g/mol. The van der Waals surface area contributed by atoms with Crippen LogP contribution in [0.1, 0.15) is 71.1 Å². The van der Waals surface area contributed by atoms with Crippen molar-refractivity contribution in [3.05, 3.63) is 24.3 Å². The minimum atomic E-state index is -2.28. The topological polar surface area (TPSA) is 144 Å². The second-order valence-corrected chi connectivity index (χ2v) is 7.35. The molecule has 0 amide bonds. The number of aliphatic hydroxyl groups is 4. The molecule has 0 bridgehead atoms. The molecule has 0 aliphatic carbocycles. The van der Waals surface area contributed by atoms with Crippen LogP contribution >= 0.6 is 0 Å². The van der Waals surface area contributed by atoms with Crippen molar-refractivity contribution >= 4 is 5.97 Å². The van der Waals surface area contributed by atoms with Crippen LogP contribution in [0.15, 0.2) is 24.3 Å². The molecule has 7 N–H and O–H groups in total. The van der Waals surface area contributed by atoms with Gasteiger partial charge in [0.05, 0.1) is 18.8 Å². The highest BCUT2D eigenvalue weighted by Gasteiger charge is 2.44. The Morgan fingerprint density at radius 2 is 1.64 bits per heavy atom. The maximum absolute atomic E-state index is 11.0. The molecular formula is C21H39NO6. The lowest BCUT2D eigenvalue weighted by Gasteiger charge is -2.30. The smallest absolute Gasteiger partial charge is 0.328 e. The van der Waals surface area contributed by atoms with E-state index in [9.17, 15) is 20.1 Å². The summed E-state index contributed by atoms with van der Waals surface area (Å²) >= 11 is 0. The van der Waals surface area contributed by atoms with Gasteiger partial charge in [-0.15, -0.1) is 0 Å². The molecule has 7 nitrogen and oxygen atoms in total. The molecule has 0 aliphatic heterocycles. The van der Waals surface area contributed by atoms with Gasteiger partial charge >= 0.3 is 5.97 Å². The number of allylic oxidation sites excluding steroid dienone is 2. The molecule has 0 heterocycles. The van der Waals surface area contributed by atoms with Crippen molar-refractivity contribution in [1.82, 2.24) is 0 Å². The summed E-state index contributed by atoms with van der Waals surface area (Å²) in [7, 11) is 0. The second kappa shape index (κ2) is 15.6. The van der Waals surface area contributed by atoms with Crippen LogP contribution in [0.4, 0.5) is 0 Å². The Morgan fingerprint density at radius 1 is 1.00 bits per heavy atom. The summed E-state index contributed by atoms with van der Waals surface area (Å²) in [6, 6.07) is 0. The molecule has 0 aromatic heterocycles. The van der Waals surface area contributed by atoms with E-state index < -0.39 is 30.3 Å². The lowest BCUT2D eigenvalue weighted by molar-refractivity contribution is -0.154. The summed E-state index contributed by atoms with van der Waals surface area (Å²) in [5.41, 5.74) is 3.16. The van der Waals surface area contributed by atoms with Crippen molar-refractivity contribution in [1.29, 1.82) is 0 Å². The van der Waals surface area contributed by atoms with Crippen molar-refractivity contribution < 1.29 is 30.3 Å². The Bertz CT molecular complexity index is 468. The SMILES string of the molecule is CCCCCCC(O)/C=C/CCCC/C=C/CC(O)C(O)C(N)(CO)C(=O)O. The number of hydrogen-bond acceptors (Lipinski definition) is 6. The largest absolute Gasteiger partial charge is 0.480 e. The molecule has 0 fully saturated rings. The van der Waals surface area contributed by atoms with Crippen LogP contribution < -0.4 is 5.73 Å². The molecule has 0 aromatic rings. The van der Waals surface area contributed by atoms with Gasteiger partial charge in [0.2, 0.25) is 0 Å². The molecule has 0 spiro atoms. The van der Waals surface area contributed by atoms with Gasteiger partial charge in [-0.05, 0) is 38.5 Å². The van der Waals surface area contributed by atoms with Gasteiger partial charge in [0.25, 0.3) is 0 Å². The maximum Gasteiger partial charge on any atom is 0.328 e. The van der Waals surface area contributed by atoms with Crippen molar-refractivity contribution in [2.24, 2.45) is 5.73 Å². The lowest BCUT2D eigenvalue weighted by Crippen LogP contribution is -2.63. The van der Waals surface area contributed by atoms with E-state index >= 15 is 0 Å². The van der Waals surface area contributed by atoms with E-state index in [1.165, 1.54) is 19.3 Å². The monoisotopic (exact) mass is 401 g/mol. The molecular weight excluding hydrogens is 362 g/mol. The zero-order chi connectivity index (χ0) is 21.4. The fourth-order valence-corrected chi connectivity index (χ4v) is 2.77. The summed E-state index contributed by atoms with van der Waals surface area (Å²) in [4.78, 5) is 11.0. The van der Waals surface area contributed by atoms with Crippen LogP contribution in [-0.4, -0.2) is 62.0 Å². The zero-order valence-corrected chi connectivity index (χ0v) is 17.0. The molecule has 0 saturated carbocycles. The highest BCUT2D eigenvalue weighted by molar-refractivity contribution is 5.79. The summed E-state index contributed by atoms with van der Waals surface area (Å²) in [5.74, 6) is -1.57. The van der Waals surface area contributed by atoms with Crippen molar-refractivity contribution in [2.45, 2.75) is 95.0 Å². The first kappa shape index (κ1) is 26.8. The van der Waals surface area contributed by atoms with Crippen molar-refractivity contribution in [3.8, 4) is 0 Å². The minimum absolute atomic E-state index is 0.0531. The third-order valence-corrected chi connectivity index (χ3v) is 4.80. The first-order valence-electron chi connectivity index (χ1n) is 10.3. The summed E-state index contributed by atoms with van der Waals surface area (Å²) in [6.45, 7) is 1.20. The van der Waals surface area contributed by atoms with E-state index in [1.807, 2.05) is 18.2 Å². The number of unbranched alkanes of at least 4 members (excludes halogenated alkanes) is 6. The number of carboxylic acid groups (broad SMARTS) is 1. The predicted octanol–water partition coefficient (Wildman–Crippen LogP) is 1.88. The van der Waals surface area contributed by atoms with E-state index in [1.54, 1.807) is 6.08 Å². The first-order chi connectivity index (χ1) is 13.3. The van der Waals surface area contributed by atoms with Gasteiger partial charge < -0.3 is 31.3 Å². The Hall–Kier alpha value is -1.25. The van der Waals surface area contributed by atoms with Crippen LogP contribution in [0.25, 0.3) is 0 Å². The number of nitrogens with two attached hydrogens (primary N) is 1. The summed E-state index contributed by atoms with van der Waals surface area (Å²) in [6.07, 6.45) is 13.0. The highest BCUT2D eigenvalue weighted by Crippen LogP contribution is 2.14. The second-order valence-electron chi connectivity index (χ2n) is 7.35. The van der Waals surface area contributed by atoms with Crippen LogP contribution in [0.3, 0.4) is 0 Å². The van der Waals surface area contributed by atoms with E-state index in [-0.39, 0.29) is 12.5 Å². The number of aliphatic carboxylic acids is 1. The highest BCUT2D eigenvalue weighted by atomic mass is 16.4. The number of carboxylic acids is 1. The summed E-state index contributed by atoms with van der Waals surface area (Å²) < 4.78 is 0. The Balaban J connectivity index is 3.90. The molecule has 4 unspecified atom stereocenters. The molecule has 0 rings (SSSR count). The van der Waals surface area contributed by atoms with E-state index in [4.69, 9.17) is 15.9 Å². The standard InChI is InChI=1S/C21H39NO6/c1-2-3-4-10-13-17(24)14-11-8-6-5-7-9-12-15-18(25)19(26)21(22,16-23)20(27)28/h9,11-12,14,17-19,23-26H,2-8,10,13,15-16,22H2,1H3,(H,27,28)/b12-9+,14-11+. The van der Waals surface area contributed by atoms with Gasteiger partial charge in [-0.1, -0.05) is 56.9 Å². The number of hydrogen-bond donors (Lipinski definition) is 6. The number of carbonyl (C=O) groups is 1. The molecule has 0 saturated heterocycles. The van der Waals surface area contributed by atoms with E-state index in [0.717, 1.165) is 38.5 Å². The summed E-state index contributed by atoms with van der Waals surface area (Å²) in [5, 5.41) is 47.6. The Morgan fingerprint density at radius 3 is 2.21 bits per heavy atom. The van der Waals surface area contributed by atoms with Gasteiger partial charge in [0.15, 0.2) is 5.54 Å². The third-order valence-electron chi connectivity index (χ3n) is 4.80. The zero-order valence-electron chi connectivity index (χ0n) is 17.0. The van der Waals surface area contributed by atoms with Crippen LogP contribution in [0.5, 0.6) is 0 Å². The molecule has 0 radical (unpaired) electrons. The third kappa shape index (κ3) is 10.9. The van der Waals surface area contributed by atoms with Gasteiger partial charge in [-0.3, -0.25) is 4.79 Å². The normalized spacial score (nSPS) is 17.6.